The summed E-state index contributed by atoms with van der Waals surface area (Å²) in [4.78, 5) is 11.5. The van der Waals surface area contributed by atoms with Gasteiger partial charge in [-0.15, -0.1) is 0 Å². The van der Waals surface area contributed by atoms with Gasteiger partial charge in [-0.3, -0.25) is 4.79 Å². The highest BCUT2D eigenvalue weighted by Gasteiger charge is 2.21. The van der Waals surface area contributed by atoms with Gasteiger partial charge in [-0.05, 0) is 36.6 Å². The van der Waals surface area contributed by atoms with E-state index in [0.29, 0.717) is 0 Å². The van der Waals surface area contributed by atoms with E-state index in [2.05, 4.69) is 27.3 Å². The summed E-state index contributed by atoms with van der Waals surface area (Å²) in [5.41, 5.74) is 2.42. The van der Waals surface area contributed by atoms with Crippen molar-refractivity contribution in [2.45, 2.75) is 19.3 Å². The minimum atomic E-state index is -0.0272. The average Bonchev–Trinajstić information content (AvgIpc) is 2.28. The molecule has 0 aromatic heterocycles. The zero-order chi connectivity index (χ0) is 10.1. The topological polar surface area (TPSA) is 29.1 Å². The second kappa shape index (κ2) is 3.73. The molecule has 1 aromatic carbocycles. The van der Waals surface area contributed by atoms with Gasteiger partial charge in [-0.25, -0.2) is 0 Å². The van der Waals surface area contributed by atoms with Crippen molar-refractivity contribution in [3.8, 4) is 0 Å². The van der Waals surface area contributed by atoms with Gasteiger partial charge in [-0.1, -0.05) is 22.0 Å². The van der Waals surface area contributed by atoms with Gasteiger partial charge in [0, 0.05) is 11.0 Å². The Morgan fingerprint density at radius 2 is 2.29 bits per heavy atom. The third-order valence-corrected chi connectivity index (χ3v) is 3.15. The van der Waals surface area contributed by atoms with Crippen LogP contribution in [0.15, 0.2) is 22.7 Å². The highest BCUT2D eigenvalue weighted by molar-refractivity contribution is 9.10. The first-order valence-corrected chi connectivity index (χ1v) is 5.54. The smallest absolute Gasteiger partial charge is 0.227 e. The number of fused-ring (bicyclic) bond motifs is 1. The van der Waals surface area contributed by atoms with Gasteiger partial charge in [0.2, 0.25) is 5.91 Å². The number of carbonyl (C=O) groups is 1. The van der Waals surface area contributed by atoms with E-state index in [1.54, 1.807) is 0 Å². The molecule has 1 unspecified atom stereocenters. The van der Waals surface area contributed by atoms with Crippen molar-refractivity contribution in [3.05, 3.63) is 33.8 Å². The van der Waals surface area contributed by atoms with Crippen LogP contribution in [-0.2, 0) is 11.2 Å². The number of halogens is 1. The largest absolute Gasteiger partial charge is 0.355 e. The Kier molecular flexibility index (Phi) is 2.59. The second-order valence-corrected chi connectivity index (χ2v) is 4.52. The molecule has 1 aliphatic rings. The molecule has 2 rings (SSSR count). The fraction of sp³-hybridized carbons (Fsp3) is 0.364. The molecular weight excluding hydrogens is 242 g/mol. The van der Waals surface area contributed by atoms with Crippen LogP contribution in [-0.4, -0.2) is 12.5 Å². The van der Waals surface area contributed by atoms with Crippen LogP contribution in [0.25, 0.3) is 0 Å². The third-order valence-electron chi connectivity index (χ3n) is 2.66. The standard InChI is InChI=1S/C11H12BrNO/c1-7-10-3-2-9(12)6-8(10)4-5-13-11(7)14/h2-3,6-7H,4-5H2,1H3,(H,13,14). The van der Waals surface area contributed by atoms with E-state index in [9.17, 15) is 4.79 Å². The van der Waals surface area contributed by atoms with Gasteiger partial charge in [0.1, 0.15) is 0 Å². The molecule has 0 fully saturated rings. The monoisotopic (exact) mass is 253 g/mol. The summed E-state index contributed by atoms with van der Waals surface area (Å²) >= 11 is 3.45. The van der Waals surface area contributed by atoms with E-state index in [1.807, 2.05) is 19.1 Å². The molecule has 3 heteroatoms. The van der Waals surface area contributed by atoms with Crippen molar-refractivity contribution in [1.82, 2.24) is 5.32 Å². The predicted molar refractivity (Wildman–Crippen MR) is 59.3 cm³/mol. The van der Waals surface area contributed by atoms with Gasteiger partial charge < -0.3 is 5.32 Å². The maximum atomic E-state index is 11.5. The number of rotatable bonds is 0. The van der Waals surface area contributed by atoms with Crippen molar-refractivity contribution < 1.29 is 4.79 Å². The van der Waals surface area contributed by atoms with Crippen LogP contribution in [0, 0.1) is 0 Å². The summed E-state index contributed by atoms with van der Waals surface area (Å²) in [6, 6.07) is 6.13. The van der Waals surface area contributed by atoms with E-state index in [4.69, 9.17) is 0 Å². The summed E-state index contributed by atoms with van der Waals surface area (Å²) in [6.07, 6.45) is 0.921. The maximum Gasteiger partial charge on any atom is 0.227 e. The minimum Gasteiger partial charge on any atom is -0.355 e. The zero-order valence-electron chi connectivity index (χ0n) is 8.01. The third kappa shape index (κ3) is 1.69. The van der Waals surface area contributed by atoms with Crippen molar-refractivity contribution >= 4 is 21.8 Å². The second-order valence-electron chi connectivity index (χ2n) is 3.61. The first kappa shape index (κ1) is 9.71. The summed E-state index contributed by atoms with van der Waals surface area (Å²) in [7, 11) is 0. The van der Waals surface area contributed by atoms with Crippen LogP contribution in [0.5, 0.6) is 0 Å². The molecule has 74 valence electrons. The Hall–Kier alpha value is -0.830. The van der Waals surface area contributed by atoms with Crippen molar-refractivity contribution in [1.29, 1.82) is 0 Å². The Morgan fingerprint density at radius 3 is 3.07 bits per heavy atom. The number of benzene rings is 1. The molecule has 0 bridgehead atoms. The number of hydrogen-bond donors (Lipinski definition) is 1. The quantitative estimate of drug-likeness (QED) is 0.755. The molecule has 1 aromatic rings. The highest BCUT2D eigenvalue weighted by atomic mass is 79.9. The van der Waals surface area contributed by atoms with Crippen LogP contribution in [0.4, 0.5) is 0 Å². The van der Waals surface area contributed by atoms with E-state index >= 15 is 0 Å². The lowest BCUT2D eigenvalue weighted by atomic mass is 9.95. The highest BCUT2D eigenvalue weighted by Crippen LogP contribution is 2.25. The summed E-state index contributed by atoms with van der Waals surface area (Å²) in [6.45, 7) is 2.69. The van der Waals surface area contributed by atoms with Crippen molar-refractivity contribution in [2.24, 2.45) is 0 Å². The molecule has 1 heterocycles. The van der Waals surface area contributed by atoms with Crippen molar-refractivity contribution in [3.63, 3.8) is 0 Å². The van der Waals surface area contributed by atoms with Crippen LogP contribution >= 0.6 is 15.9 Å². The molecule has 0 saturated heterocycles. The summed E-state index contributed by atoms with van der Waals surface area (Å²) < 4.78 is 1.08. The molecule has 1 atom stereocenters. The first-order chi connectivity index (χ1) is 6.68. The molecule has 0 saturated carbocycles. The average molecular weight is 254 g/mol. The number of hydrogen-bond acceptors (Lipinski definition) is 1. The van der Waals surface area contributed by atoms with E-state index < -0.39 is 0 Å². The molecule has 0 aliphatic carbocycles. The van der Waals surface area contributed by atoms with E-state index in [-0.39, 0.29) is 11.8 Å². The molecule has 1 N–H and O–H groups in total. The van der Waals surface area contributed by atoms with Gasteiger partial charge in [-0.2, -0.15) is 0 Å². The van der Waals surface area contributed by atoms with Gasteiger partial charge in [0.05, 0.1) is 5.92 Å². The maximum absolute atomic E-state index is 11.5. The van der Waals surface area contributed by atoms with Crippen LogP contribution in [0.3, 0.4) is 0 Å². The predicted octanol–water partition coefficient (Wildman–Crippen LogP) is 2.22. The lowest BCUT2D eigenvalue weighted by Gasteiger charge is -2.10. The summed E-state index contributed by atoms with van der Waals surface area (Å²) in [5, 5.41) is 2.91. The van der Waals surface area contributed by atoms with Gasteiger partial charge in [0.15, 0.2) is 0 Å². The number of carbonyl (C=O) groups excluding carboxylic acids is 1. The Balaban J connectivity index is 2.48. The van der Waals surface area contributed by atoms with Crippen LogP contribution < -0.4 is 5.32 Å². The molecule has 14 heavy (non-hydrogen) atoms. The molecule has 0 spiro atoms. The molecule has 0 radical (unpaired) electrons. The first-order valence-electron chi connectivity index (χ1n) is 4.74. The lowest BCUT2D eigenvalue weighted by molar-refractivity contribution is -0.121. The van der Waals surface area contributed by atoms with Crippen molar-refractivity contribution in [2.75, 3.05) is 6.54 Å². The molecule has 2 nitrogen and oxygen atoms in total. The van der Waals surface area contributed by atoms with E-state index in [0.717, 1.165) is 23.0 Å². The number of amides is 1. The van der Waals surface area contributed by atoms with Gasteiger partial charge in [0.25, 0.3) is 0 Å². The Labute approximate surface area is 91.8 Å². The molecule has 1 aliphatic heterocycles. The minimum absolute atomic E-state index is 0.0272. The normalized spacial score (nSPS) is 21.0. The summed E-state index contributed by atoms with van der Waals surface area (Å²) in [5.74, 6) is 0.103. The van der Waals surface area contributed by atoms with E-state index in [1.165, 1.54) is 5.56 Å². The van der Waals surface area contributed by atoms with Gasteiger partial charge >= 0.3 is 0 Å². The van der Waals surface area contributed by atoms with Crippen LogP contribution in [0.1, 0.15) is 24.0 Å². The van der Waals surface area contributed by atoms with Crippen LogP contribution in [0.2, 0.25) is 0 Å². The molecule has 1 amide bonds. The fourth-order valence-electron chi connectivity index (χ4n) is 1.83. The SMILES string of the molecule is CC1C(=O)NCCc2cc(Br)ccc21. The fourth-order valence-corrected chi connectivity index (χ4v) is 2.24. The zero-order valence-corrected chi connectivity index (χ0v) is 9.60. The lowest BCUT2D eigenvalue weighted by Crippen LogP contribution is -2.26. The Bertz CT molecular complexity index is 376. The number of nitrogens with one attached hydrogen (secondary N) is 1. The Morgan fingerprint density at radius 1 is 1.50 bits per heavy atom. The molecular formula is C11H12BrNO.